The van der Waals surface area contributed by atoms with E-state index < -0.39 is 5.66 Å². The third-order valence-electron chi connectivity index (χ3n) is 4.23. The maximum absolute atomic E-state index is 12.8. The Morgan fingerprint density at radius 1 is 0.840 bits per heavy atom. The summed E-state index contributed by atoms with van der Waals surface area (Å²) >= 11 is 12.0. The molecule has 0 fully saturated rings. The number of hydrogen-bond donors (Lipinski definition) is 2. The first-order valence-corrected chi connectivity index (χ1v) is 8.42. The number of anilines is 1. The first-order chi connectivity index (χ1) is 12.1. The molecule has 1 aliphatic heterocycles. The van der Waals surface area contributed by atoms with Crippen LogP contribution in [0.3, 0.4) is 0 Å². The molecule has 25 heavy (non-hydrogen) atoms. The third kappa shape index (κ3) is 2.73. The number of nitrogens with one attached hydrogen (secondary N) is 2. The highest BCUT2D eigenvalue weighted by Crippen LogP contribution is 2.36. The van der Waals surface area contributed by atoms with Crippen LogP contribution in [0.4, 0.5) is 5.69 Å². The van der Waals surface area contributed by atoms with Crippen LogP contribution in [-0.4, -0.2) is 10.9 Å². The van der Waals surface area contributed by atoms with Crippen LogP contribution < -0.4 is 10.6 Å². The summed E-state index contributed by atoms with van der Waals surface area (Å²) in [5.41, 5.74) is 1.98. The van der Waals surface area contributed by atoms with E-state index in [0.29, 0.717) is 15.7 Å². The molecule has 0 radical (unpaired) electrons. The van der Waals surface area contributed by atoms with Gasteiger partial charge in [0, 0.05) is 28.0 Å². The van der Waals surface area contributed by atoms with Gasteiger partial charge in [0.1, 0.15) is 5.15 Å². The van der Waals surface area contributed by atoms with Gasteiger partial charge < -0.3 is 10.6 Å². The second kappa shape index (κ2) is 6.06. The number of carbonyl (C=O) groups excluding carboxylic acids is 1. The molecule has 1 amide bonds. The van der Waals surface area contributed by atoms with E-state index in [-0.39, 0.29) is 5.91 Å². The molecule has 2 heterocycles. The molecule has 1 unspecified atom stereocenters. The number of aromatic nitrogens is 1. The quantitative estimate of drug-likeness (QED) is 0.656. The monoisotopic (exact) mass is 369 g/mol. The van der Waals surface area contributed by atoms with Crippen LogP contribution in [0, 0.1) is 0 Å². The van der Waals surface area contributed by atoms with E-state index in [0.717, 1.165) is 16.8 Å². The van der Waals surface area contributed by atoms with Gasteiger partial charge in [0.05, 0.1) is 5.56 Å². The second-order valence-corrected chi connectivity index (χ2v) is 6.57. The maximum Gasteiger partial charge on any atom is 0.255 e. The first kappa shape index (κ1) is 15.9. The van der Waals surface area contributed by atoms with Crippen LogP contribution >= 0.6 is 23.2 Å². The van der Waals surface area contributed by atoms with E-state index in [1.54, 1.807) is 30.5 Å². The predicted octanol–water partition coefficient (Wildman–Crippen LogP) is 4.45. The number of fused-ring (bicyclic) bond motifs is 1. The molecule has 2 aromatic carbocycles. The fourth-order valence-corrected chi connectivity index (χ4v) is 3.25. The Kier molecular flexibility index (Phi) is 3.86. The van der Waals surface area contributed by atoms with E-state index >= 15 is 0 Å². The molecule has 2 N–H and O–H groups in total. The molecule has 0 spiro atoms. The van der Waals surface area contributed by atoms with Gasteiger partial charge in [-0.25, -0.2) is 4.98 Å². The van der Waals surface area contributed by atoms with Crippen molar-refractivity contribution >= 4 is 34.8 Å². The zero-order chi connectivity index (χ0) is 17.4. The average molecular weight is 370 g/mol. The molecule has 4 rings (SSSR count). The molecular formula is C19H13Cl2N3O. The van der Waals surface area contributed by atoms with E-state index in [9.17, 15) is 4.79 Å². The van der Waals surface area contributed by atoms with Gasteiger partial charge in [0.25, 0.3) is 5.91 Å². The van der Waals surface area contributed by atoms with Gasteiger partial charge in [-0.1, -0.05) is 47.5 Å². The van der Waals surface area contributed by atoms with Gasteiger partial charge in [0.15, 0.2) is 5.66 Å². The van der Waals surface area contributed by atoms with Crippen molar-refractivity contribution in [1.82, 2.24) is 10.3 Å². The highest BCUT2D eigenvalue weighted by molar-refractivity contribution is 6.30. The summed E-state index contributed by atoms with van der Waals surface area (Å²) in [5.74, 6) is -0.167. The van der Waals surface area contributed by atoms with Crippen molar-refractivity contribution in [2.24, 2.45) is 0 Å². The number of hydrogen-bond acceptors (Lipinski definition) is 3. The molecule has 0 saturated heterocycles. The second-order valence-electron chi connectivity index (χ2n) is 5.75. The lowest BCUT2D eigenvalue weighted by Gasteiger charge is -2.41. The van der Waals surface area contributed by atoms with Gasteiger partial charge >= 0.3 is 0 Å². The van der Waals surface area contributed by atoms with Crippen LogP contribution in [-0.2, 0) is 5.66 Å². The van der Waals surface area contributed by atoms with Crippen LogP contribution in [0.25, 0.3) is 0 Å². The Labute approximate surface area is 154 Å². The van der Waals surface area contributed by atoms with Crippen molar-refractivity contribution in [2.75, 3.05) is 5.32 Å². The summed E-state index contributed by atoms with van der Waals surface area (Å²) < 4.78 is 0. The summed E-state index contributed by atoms with van der Waals surface area (Å²) in [7, 11) is 0. The summed E-state index contributed by atoms with van der Waals surface area (Å²) in [4.78, 5) is 16.9. The van der Waals surface area contributed by atoms with Crippen molar-refractivity contribution in [3.8, 4) is 0 Å². The van der Waals surface area contributed by atoms with E-state index in [2.05, 4.69) is 15.6 Å². The zero-order valence-corrected chi connectivity index (χ0v) is 14.5. The predicted molar refractivity (Wildman–Crippen MR) is 99.0 cm³/mol. The SMILES string of the molecule is O=C1NC(c2ccc(Cl)cc2)(c2ccc(Cl)nc2)Nc2ccccc21. The highest BCUT2D eigenvalue weighted by Gasteiger charge is 2.41. The normalized spacial score (nSPS) is 18.9. The number of nitrogens with zero attached hydrogens (tertiary/aromatic N) is 1. The first-order valence-electron chi connectivity index (χ1n) is 7.66. The Balaban J connectivity index is 1.93. The number of pyridine rings is 1. The summed E-state index contributed by atoms with van der Waals surface area (Å²) in [6.45, 7) is 0. The zero-order valence-electron chi connectivity index (χ0n) is 13.0. The van der Waals surface area contributed by atoms with Gasteiger partial charge in [-0.05, 0) is 36.4 Å². The molecule has 4 nitrogen and oxygen atoms in total. The van der Waals surface area contributed by atoms with Crippen molar-refractivity contribution in [3.05, 3.63) is 93.7 Å². The lowest BCUT2D eigenvalue weighted by atomic mass is 9.89. The Bertz CT molecular complexity index is 894. The lowest BCUT2D eigenvalue weighted by Crippen LogP contribution is -2.55. The summed E-state index contributed by atoms with van der Waals surface area (Å²) in [6.07, 6.45) is 1.65. The van der Waals surface area contributed by atoms with Gasteiger partial charge in [0.2, 0.25) is 0 Å². The minimum absolute atomic E-state index is 0.167. The van der Waals surface area contributed by atoms with E-state index in [1.807, 2.05) is 36.4 Å². The Morgan fingerprint density at radius 3 is 2.28 bits per heavy atom. The Morgan fingerprint density at radius 2 is 1.56 bits per heavy atom. The molecule has 0 aliphatic carbocycles. The number of halogens is 2. The molecule has 124 valence electrons. The fourth-order valence-electron chi connectivity index (χ4n) is 3.01. The minimum Gasteiger partial charge on any atom is -0.355 e. The topological polar surface area (TPSA) is 54.0 Å². The van der Waals surface area contributed by atoms with Gasteiger partial charge in [-0.2, -0.15) is 0 Å². The molecule has 1 atom stereocenters. The lowest BCUT2D eigenvalue weighted by molar-refractivity contribution is 0.0913. The number of amides is 1. The molecule has 3 aromatic rings. The minimum atomic E-state index is -0.965. The fraction of sp³-hybridized carbons (Fsp3) is 0.0526. The molecular weight excluding hydrogens is 357 g/mol. The van der Waals surface area contributed by atoms with Crippen LogP contribution in [0.5, 0.6) is 0 Å². The smallest absolute Gasteiger partial charge is 0.255 e. The highest BCUT2D eigenvalue weighted by atomic mass is 35.5. The van der Waals surface area contributed by atoms with Crippen molar-refractivity contribution < 1.29 is 4.79 Å². The molecule has 6 heteroatoms. The molecule has 0 saturated carbocycles. The number of carbonyl (C=O) groups is 1. The van der Waals surface area contributed by atoms with Crippen LogP contribution in [0.2, 0.25) is 10.2 Å². The largest absolute Gasteiger partial charge is 0.355 e. The third-order valence-corrected chi connectivity index (χ3v) is 4.71. The van der Waals surface area contributed by atoms with Gasteiger partial charge in [-0.15, -0.1) is 0 Å². The van der Waals surface area contributed by atoms with E-state index in [1.165, 1.54) is 0 Å². The molecule has 0 bridgehead atoms. The van der Waals surface area contributed by atoms with Crippen LogP contribution in [0.15, 0.2) is 66.9 Å². The molecule has 1 aromatic heterocycles. The van der Waals surface area contributed by atoms with Crippen molar-refractivity contribution in [1.29, 1.82) is 0 Å². The maximum atomic E-state index is 12.8. The standard InChI is InChI=1S/C19H13Cl2N3O/c20-14-8-5-12(6-9-14)19(13-7-10-17(21)22-11-13)23-16-4-2-1-3-15(16)18(25)24-19/h1-11,23H,(H,24,25). The number of benzene rings is 2. The van der Waals surface area contributed by atoms with Gasteiger partial charge in [-0.3, -0.25) is 4.79 Å². The van der Waals surface area contributed by atoms with Crippen LogP contribution in [0.1, 0.15) is 21.5 Å². The molecule has 1 aliphatic rings. The Hall–Kier alpha value is -2.56. The number of rotatable bonds is 2. The number of para-hydroxylation sites is 1. The van der Waals surface area contributed by atoms with E-state index in [4.69, 9.17) is 23.2 Å². The van der Waals surface area contributed by atoms with Crippen molar-refractivity contribution in [3.63, 3.8) is 0 Å². The van der Waals surface area contributed by atoms with Crippen molar-refractivity contribution in [2.45, 2.75) is 5.66 Å². The average Bonchev–Trinajstić information content (AvgIpc) is 2.63. The summed E-state index contributed by atoms with van der Waals surface area (Å²) in [5, 5.41) is 7.54. The summed E-state index contributed by atoms with van der Waals surface area (Å²) in [6, 6.07) is 18.2.